The molecule has 0 aromatic carbocycles. The number of likely N-dealkylation sites (tertiary alicyclic amines) is 1. The molecule has 0 aliphatic carbocycles. The maximum absolute atomic E-state index is 10.9. The molecule has 76 valence electrons. The van der Waals surface area contributed by atoms with Crippen molar-refractivity contribution >= 4 is 6.29 Å². The molecule has 1 fully saturated rings. The van der Waals surface area contributed by atoms with Crippen molar-refractivity contribution in [3.63, 3.8) is 0 Å². The minimum atomic E-state index is -0.278. The van der Waals surface area contributed by atoms with Crippen LogP contribution in [-0.4, -0.2) is 29.3 Å². The van der Waals surface area contributed by atoms with Crippen LogP contribution in [0.25, 0.3) is 0 Å². The van der Waals surface area contributed by atoms with Crippen LogP contribution in [-0.2, 0) is 4.79 Å². The third-order valence-electron chi connectivity index (χ3n) is 3.17. The molecular weight excluding hydrogens is 162 g/mol. The lowest BCUT2D eigenvalue weighted by Crippen LogP contribution is -2.53. The smallest absolute Gasteiger partial charge is 0.139 e. The van der Waals surface area contributed by atoms with Crippen molar-refractivity contribution in [1.82, 2.24) is 4.90 Å². The van der Waals surface area contributed by atoms with Gasteiger partial charge in [-0.15, -0.1) is 0 Å². The van der Waals surface area contributed by atoms with E-state index < -0.39 is 0 Å². The molecule has 2 unspecified atom stereocenters. The lowest BCUT2D eigenvalue weighted by molar-refractivity contribution is -0.119. The maximum atomic E-state index is 10.9. The first-order valence-corrected chi connectivity index (χ1v) is 5.20. The fourth-order valence-electron chi connectivity index (χ4n) is 2.33. The van der Waals surface area contributed by atoms with Gasteiger partial charge in [0, 0.05) is 6.04 Å². The second kappa shape index (κ2) is 3.79. The molecule has 13 heavy (non-hydrogen) atoms. The summed E-state index contributed by atoms with van der Waals surface area (Å²) >= 11 is 0. The monoisotopic (exact) mass is 183 g/mol. The van der Waals surface area contributed by atoms with E-state index in [0.717, 1.165) is 18.7 Å². The van der Waals surface area contributed by atoms with Crippen LogP contribution in [0.2, 0.25) is 0 Å². The highest BCUT2D eigenvalue weighted by atomic mass is 16.1. The van der Waals surface area contributed by atoms with Gasteiger partial charge in [0.15, 0.2) is 0 Å². The van der Waals surface area contributed by atoms with Crippen LogP contribution in [0, 0.1) is 5.92 Å². The largest absolute Gasteiger partial charge is 0.301 e. The van der Waals surface area contributed by atoms with E-state index in [9.17, 15) is 4.79 Å². The van der Waals surface area contributed by atoms with Gasteiger partial charge in [-0.3, -0.25) is 4.90 Å². The van der Waals surface area contributed by atoms with Crippen LogP contribution in [0.3, 0.4) is 0 Å². The Kier molecular flexibility index (Phi) is 3.12. The normalized spacial score (nSPS) is 31.7. The molecule has 0 aromatic heterocycles. The minimum absolute atomic E-state index is 0.278. The lowest BCUT2D eigenvalue weighted by atomic mass is 9.89. The molecule has 0 bridgehead atoms. The Labute approximate surface area is 81.3 Å². The molecule has 0 saturated carbocycles. The van der Waals surface area contributed by atoms with Gasteiger partial charge in [-0.25, -0.2) is 0 Å². The molecule has 0 N–H and O–H groups in total. The zero-order valence-electron chi connectivity index (χ0n) is 9.21. The summed E-state index contributed by atoms with van der Waals surface area (Å²) in [4.78, 5) is 13.2. The van der Waals surface area contributed by atoms with Gasteiger partial charge in [0.2, 0.25) is 0 Å². The molecule has 1 saturated heterocycles. The molecule has 1 heterocycles. The number of rotatable bonds is 2. The summed E-state index contributed by atoms with van der Waals surface area (Å²) in [6.45, 7) is 9.59. The predicted molar refractivity (Wildman–Crippen MR) is 54.7 cm³/mol. The topological polar surface area (TPSA) is 20.3 Å². The molecule has 0 amide bonds. The summed E-state index contributed by atoms with van der Waals surface area (Å²) in [6.07, 6.45) is 3.51. The molecule has 0 spiro atoms. The molecule has 1 aliphatic heterocycles. The second-order valence-corrected chi connectivity index (χ2v) is 4.94. The van der Waals surface area contributed by atoms with Gasteiger partial charge in [-0.05, 0) is 46.1 Å². The first-order valence-electron chi connectivity index (χ1n) is 5.20. The van der Waals surface area contributed by atoms with Crippen LogP contribution in [0.5, 0.6) is 0 Å². The summed E-state index contributed by atoms with van der Waals surface area (Å²) in [5, 5.41) is 0. The van der Waals surface area contributed by atoms with E-state index in [0.29, 0.717) is 6.04 Å². The number of nitrogens with zero attached hydrogens (tertiary/aromatic N) is 1. The van der Waals surface area contributed by atoms with Crippen molar-refractivity contribution in [3.05, 3.63) is 0 Å². The Hall–Kier alpha value is -0.370. The van der Waals surface area contributed by atoms with Crippen LogP contribution in [0.1, 0.15) is 40.5 Å². The number of hydrogen-bond donors (Lipinski definition) is 0. The van der Waals surface area contributed by atoms with Gasteiger partial charge in [-0.1, -0.05) is 6.92 Å². The summed E-state index contributed by atoms with van der Waals surface area (Å²) < 4.78 is 0. The molecule has 0 aromatic rings. The highest BCUT2D eigenvalue weighted by Crippen LogP contribution is 2.27. The summed E-state index contributed by atoms with van der Waals surface area (Å²) in [7, 11) is 0. The number of carbonyl (C=O) groups is 1. The molecule has 1 aliphatic rings. The van der Waals surface area contributed by atoms with E-state index in [4.69, 9.17) is 0 Å². The fourth-order valence-corrected chi connectivity index (χ4v) is 2.33. The van der Waals surface area contributed by atoms with E-state index in [1.807, 2.05) is 13.8 Å². The minimum Gasteiger partial charge on any atom is -0.301 e. The van der Waals surface area contributed by atoms with E-state index >= 15 is 0 Å². The lowest BCUT2D eigenvalue weighted by Gasteiger charge is -2.44. The van der Waals surface area contributed by atoms with Gasteiger partial charge >= 0.3 is 0 Å². The predicted octanol–water partition coefficient (Wildman–Crippen LogP) is 2.08. The first-order chi connectivity index (χ1) is 5.97. The molecule has 2 atom stereocenters. The molecular formula is C11H21NO. The highest BCUT2D eigenvalue weighted by molar-refractivity contribution is 5.62. The number of carbonyl (C=O) groups excluding carboxylic acids is 1. The molecule has 2 nitrogen and oxygen atoms in total. The Morgan fingerprint density at radius 2 is 2.00 bits per heavy atom. The molecule has 1 rings (SSSR count). The van der Waals surface area contributed by atoms with Gasteiger partial charge in [0.05, 0.1) is 5.54 Å². The average molecular weight is 183 g/mol. The van der Waals surface area contributed by atoms with E-state index in [1.54, 1.807) is 0 Å². The summed E-state index contributed by atoms with van der Waals surface area (Å²) in [6, 6.07) is 0.545. The highest BCUT2D eigenvalue weighted by Gasteiger charge is 2.33. The average Bonchev–Trinajstić information content (AvgIpc) is 2.03. The van der Waals surface area contributed by atoms with Gasteiger partial charge in [0.1, 0.15) is 6.29 Å². The third-order valence-corrected chi connectivity index (χ3v) is 3.17. The van der Waals surface area contributed by atoms with E-state index in [-0.39, 0.29) is 5.54 Å². The van der Waals surface area contributed by atoms with Crippen molar-refractivity contribution in [3.8, 4) is 0 Å². The Balaban J connectivity index is 2.65. The van der Waals surface area contributed by atoms with E-state index in [2.05, 4.69) is 18.7 Å². The van der Waals surface area contributed by atoms with Crippen LogP contribution >= 0.6 is 0 Å². The van der Waals surface area contributed by atoms with Crippen molar-refractivity contribution in [2.24, 2.45) is 5.92 Å². The van der Waals surface area contributed by atoms with Crippen LogP contribution in [0.15, 0.2) is 0 Å². The number of piperidine rings is 1. The third kappa shape index (κ3) is 2.31. The van der Waals surface area contributed by atoms with Gasteiger partial charge in [0.25, 0.3) is 0 Å². The molecule has 0 radical (unpaired) electrons. The zero-order valence-corrected chi connectivity index (χ0v) is 9.21. The standard InChI is InChI=1S/C11H21NO/c1-9-5-6-12(10(2)7-9)11(3,4)8-13/h8-10H,5-7H2,1-4H3. The van der Waals surface area contributed by atoms with Gasteiger partial charge < -0.3 is 4.79 Å². The number of hydrogen-bond acceptors (Lipinski definition) is 2. The van der Waals surface area contributed by atoms with Crippen molar-refractivity contribution < 1.29 is 4.79 Å². The number of aldehydes is 1. The zero-order chi connectivity index (χ0) is 10.1. The Morgan fingerprint density at radius 3 is 2.46 bits per heavy atom. The summed E-state index contributed by atoms with van der Waals surface area (Å²) in [5.41, 5.74) is -0.278. The fraction of sp³-hybridized carbons (Fsp3) is 0.909. The quantitative estimate of drug-likeness (QED) is 0.611. The second-order valence-electron chi connectivity index (χ2n) is 4.94. The Bertz CT molecular complexity index is 189. The Morgan fingerprint density at radius 1 is 1.38 bits per heavy atom. The molecule has 2 heteroatoms. The SMILES string of the molecule is CC1CCN(C(C)(C)C=O)C(C)C1. The van der Waals surface area contributed by atoms with Crippen LogP contribution < -0.4 is 0 Å². The van der Waals surface area contributed by atoms with Crippen LogP contribution in [0.4, 0.5) is 0 Å². The first kappa shape index (κ1) is 10.7. The van der Waals surface area contributed by atoms with Crippen molar-refractivity contribution in [2.45, 2.75) is 52.1 Å². The van der Waals surface area contributed by atoms with E-state index in [1.165, 1.54) is 12.8 Å². The van der Waals surface area contributed by atoms with Crippen molar-refractivity contribution in [1.29, 1.82) is 0 Å². The van der Waals surface area contributed by atoms with Crippen molar-refractivity contribution in [2.75, 3.05) is 6.54 Å². The summed E-state index contributed by atoms with van der Waals surface area (Å²) in [5.74, 6) is 0.814. The van der Waals surface area contributed by atoms with Gasteiger partial charge in [-0.2, -0.15) is 0 Å². The maximum Gasteiger partial charge on any atom is 0.139 e.